The molecular formula is C31H29N5O3. The standard InChI is InChI=1S/C31H29N5O3/c1-17-28(18(2)39-35-17)24-15-25-23(16-27(24)37-4)29-30(32-19(3)33-31(29)34-25)22-9-10-26(36-11-13-38-14-12-36)21-8-6-5-7-20(21)22/h5-10,15-16H,11-14H2,1-4H3,(H,32,33,34). The van der Waals surface area contributed by atoms with E-state index in [1.165, 1.54) is 11.1 Å². The van der Waals surface area contributed by atoms with Crippen LogP contribution in [0.2, 0.25) is 0 Å². The molecule has 1 N–H and O–H groups in total. The Morgan fingerprint density at radius 3 is 2.44 bits per heavy atom. The van der Waals surface area contributed by atoms with Crippen molar-refractivity contribution in [3.8, 4) is 28.1 Å². The molecule has 39 heavy (non-hydrogen) atoms. The van der Waals surface area contributed by atoms with Crippen LogP contribution >= 0.6 is 0 Å². The first-order valence-electron chi connectivity index (χ1n) is 13.2. The predicted molar refractivity (Wildman–Crippen MR) is 154 cm³/mol. The molecular weight excluding hydrogens is 490 g/mol. The fourth-order valence-corrected chi connectivity index (χ4v) is 5.93. The molecule has 0 aliphatic carbocycles. The first kappa shape index (κ1) is 23.7. The highest BCUT2D eigenvalue weighted by Crippen LogP contribution is 2.43. The summed E-state index contributed by atoms with van der Waals surface area (Å²) in [5.41, 5.74) is 7.66. The normalized spacial score (nSPS) is 14.1. The average Bonchev–Trinajstić information content (AvgIpc) is 3.49. The quantitative estimate of drug-likeness (QED) is 0.290. The second-order valence-electron chi connectivity index (χ2n) is 10.0. The monoisotopic (exact) mass is 519 g/mol. The molecule has 0 unspecified atom stereocenters. The molecule has 0 atom stereocenters. The molecule has 3 aromatic carbocycles. The Labute approximate surface area is 225 Å². The van der Waals surface area contributed by atoms with Gasteiger partial charge >= 0.3 is 0 Å². The Hall–Kier alpha value is -4.43. The topological polar surface area (TPSA) is 89.3 Å². The maximum atomic E-state index is 5.89. The molecule has 7 rings (SSSR count). The molecule has 0 radical (unpaired) electrons. The summed E-state index contributed by atoms with van der Waals surface area (Å²) in [5, 5.41) is 8.51. The number of fused-ring (bicyclic) bond motifs is 4. The van der Waals surface area contributed by atoms with E-state index in [1.807, 2.05) is 20.8 Å². The fraction of sp³-hybridized carbons (Fsp3) is 0.258. The lowest BCUT2D eigenvalue weighted by Gasteiger charge is -2.30. The Balaban J connectivity index is 1.49. The van der Waals surface area contributed by atoms with E-state index in [9.17, 15) is 0 Å². The summed E-state index contributed by atoms with van der Waals surface area (Å²) in [4.78, 5) is 15.8. The second-order valence-corrected chi connectivity index (χ2v) is 10.0. The number of morpholine rings is 1. The first-order chi connectivity index (χ1) is 19.0. The van der Waals surface area contributed by atoms with Crippen LogP contribution in [0, 0.1) is 20.8 Å². The van der Waals surface area contributed by atoms with E-state index in [4.69, 9.17) is 24.0 Å². The minimum absolute atomic E-state index is 0.711. The highest BCUT2D eigenvalue weighted by molar-refractivity contribution is 6.16. The number of hydrogen-bond donors (Lipinski definition) is 1. The summed E-state index contributed by atoms with van der Waals surface area (Å²) < 4.78 is 16.9. The van der Waals surface area contributed by atoms with Crippen molar-refractivity contribution in [2.45, 2.75) is 20.8 Å². The largest absolute Gasteiger partial charge is 0.496 e. The number of nitrogens with one attached hydrogen (secondary N) is 1. The summed E-state index contributed by atoms with van der Waals surface area (Å²) in [6.45, 7) is 9.06. The van der Waals surface area contributed by atoms with Gasteiger partial charge in [0, 0.05) is 46.2 Å². The Morgan fingerprint density at radius 2 is 1.69 bits per heavy atom. The lowest BCUT2D eigenvalue weighted by atomic mass is 9.96. The molecule has 8 heteroatoms. The Bertz CT molecular complexity index is 1860. The SMILES string of the molecule is COc1cc2c(cc1-c1c(C)noc1C)[nH]c1nc(C)nc(-c3ccc(N4CCOCC4)c4ccccc34)c12. The third-order valence-corrected chi connectivity index (χ3v) is 7.69. The number of nitrogens with zero attached hydrogens (tertiary/aromatic N) is 4. The van der Waals surface area contributed by atoms with Crippen LogP contribution in [0.25, 0.3) is 55.1 Å². The third-order valence-electron chi connectivity index (χ3n) is 7.69. The van der Waals surface area contributed by atoms with Crippen molar-refractivity contribution < 1.29 is 14.0 Å². The highest BCUT2D eigenvalue weighted by Gasteiger charge is 2.22. The van der Waals surface area contributed by atoms with Gasteiger partial charge in [0.05, 0.1) is 42.7 Å². The van der Waals surface area contributed by atoms with Gasteiger partial charge in [-0.15, -0.1) is 0 Å². The zero-order valence-corrected chi connectivity index (χ0v) is 22.5. The van der Waals surface area contributed by atoms with Gasteiger partial charge in [0.1, 0.15) is 23.0 Å². The lowest BCUT2D eigenvalue weighted by Crippen LogP contribution is -2.36. The van der Waals surface area contributed by atoms with Crippen LogP contribution in [0.5, 0.6) is 5.75 Å². The van der Waals surface area contributed by atoms with Crippen LogP contribution in [0.1, 0.15) is 17.3 Å². The predicted octanol–water partition coefficient (Wildman–Crippen LogP) is 6.36. The highest BCUT2D eigenvalue weighted by atomic mass is 16.5. The fourth-order valence-electron chi connectivity index (χ4n) is 5.93. The van der Waals surface area contributed by atoms with Gasteiger partial charge in [0.25, 0.3) is 0 Å². The maximum absolute atomic E-state index is 5.89. The minimum atomic E-state index is 0.711. The van der Waals surface area contributed by atoms with E-state index >= 15 is 0 Å². The number of methoxy groups -OCH3 is 1. The second kappa shape index (κ2) is 9.10. The van der Waals surface area contributed by atoms with Gasteiger partial charge < -0.3 is 23.9 Å². The molecule has 4 heterocycles. The van der Waals surface area contributed by atoms with Crippen molar-refractivity contribution in [1.82, 2.24) is 20.1 Å². The average molecular weight is 520 g/mol. The van der Waals surface area contributed by atoms with Crippen LogP contribution in [0.4, 0.5) is 5.69 Å². The van der Waals surface area contributed by atoms with Crippen molar-refractivity contribution in [2.24, 2.45) is 0 Å². The summed E-state index contributed by atoms with van der Waals surface area (Å²) in [6.07, 6.45) is 0. The van der Waals surface area contributed by atoms with Crippen LogP contribution in [-0.2, 0) is 4.74 Å². The van der Waals surface area contributed by atoms with E-state index in [2.05, 4.69) is 63.6 Å². The third kappa shape index (κ3) is 3.74. The molecule has 1 aliphatic rings. The maximum Gasteiger partial charge on any atom is 0.142 e. The van der Waals surface area contributed by atoms with Gasteiger partial charge in [-0.05, 0) is 44.4 Å². The number of hydrogen-bond acceptors (Lipinski definition) is 7. The number of H-pyrrole nitrogens is 1. The summed E-state index contributed by atoms with van der Waals surface area (Å²) >= 11 is 0. The number of aromatic nitrogens is 4. The zero-order valence-electron chi connectivity index (χ0n) is 22.5. The van der Waals surface area contributed by atoms with Crippen molar-refractivity contribution in [3.63, 3.8) is 0 Å². The number of rotatable bonds is 4. The number of benzene rings is 3. The number of aromatic amines is 1. The number of aryl methyl sites for hydroxylation is 3. The van der Waals surface area contributed by atoms with Crippen LogP contribution in [-0.4, -0.2) is 53.5 Å². The van der Waals surface area contributed by atoms with E-state index in [0.717, 1.165) is 93.2 Å². The molecule has 0 amide bonds. The lowest BCUT2D eigenvalue weighted by molar-refractivity contribution is 0.123. The van der Waals surface area contributed by atoms with Gasteiger partial charge in [-0.2, -0.15) is 0 Å². The Morgan fingerprint density at radius 1 is 0.897 bits per heavy atom. The van der Waals surface area contributed by atoms with Gasteiger partial charge in [-0.1, -0.05) is 35.5 Å². The molecule has 196 valence electrons. The Kier molecular flexibility index (Phi) is 5.52. The van der Waals surface area contributed by atoms with Crippen molar-refractivity contribution >= 4 is 38.4 Å². The molecule has 3 aromatic heterocycles. The summed E-state index contributed by atoms with van der Waals surface area (Å²) in [6, 6.07) is 17.2. The van der Waals surface area contributed by atoms with E-state index in [1.54, 1.807) is 7.11 Å². The molecule has 1 fully saturated rings. The molecule has 1 aliphatic heterocycles. The summed E-state index contributed by atoms with van der Waals surface area (Å²) in [7, 11) is 1.69. The molecule has 0 saturated carbocycles. The zero-order chi connectivity index (χ0) is 26.7. The molecule has 0 spiro atoms. The molecule has 6 aromatic rings. The molecule has 1 saturated heterocycles. The minimum Gasteiger partial charge on any atom is -0.496 e. The van der Waals surface area contributed by atoms with Gasteiger partial charge in [-0.25, -0.2) is 9.97 Å². The van der Waals surface area contributed by atoms with Crippen LogP contribution in [0.3, 0.4) is 0 Å². The smallest absolute Gasteiger partial charge is 0.142 e. The van der Waals surface area contributed by atoms with Crippen molar-refractivity contribution in [3.05, 3.63) is 65.8 Å². The van der Waals surface area contributed by atoms with E-state index in [0.29, 0.717) is 5.82 Å². The van der Waals surface area contributed by atoms with Crippen LogP contribution < -0.4 is 9.64 Å². The van der Waals surface area contributed by atoms with Crippen molar-refractivity contribution in [2.75, 3.05) is 38.3 Å². The molecule has 0 bridgehead atoms. The van der Waals surface area contributed by atoms with Crippen LogP contribution in [0.15, 0.2) is 53.1 Å². The first-order valence-corrected chi connectivity index (χ1v) is 13.2. The number of ether oxygens (including phenoxy) is 2. The molecule has 8 nitrogen and oxygen atoms in total. The van der Waals surface area contributed by atoms with Gasteiger partial charge in [0.15, 0.2) is 0 Å². The number of anilines is 1. The summed E-state index contributed by atoms with van der Waals surface area (Å²) in [5.74, 6) is 2.21. The van der Waals surface area contributed by atoms with Gasteiger partial charge in [-0.3, -0.25) is 0 Å². The van der Waals surface area contributed by atoms with Gasteiger partial charge in [0.2, 0.25) is 0 Å². The van der Waals surface area contributed by atoms with E-state index in [-0.39, 0.29) is 0 Å². The van der Waals surface area contributed by atoms with E-state index < -0.39 is 0 Å². The van der Waals surface area contributed by atoms with Crippen molar-refractivity contribution in [1.29, 1.82) is 0 Å².